The van der Waals surface area contributed by atoms with Gasteiger partial charge in [-0.25, -0.2) is 13.8 Å². The van der Waals surface area contributed by atoms with Crippen molar-refractivity contribution in [3.63, 3.8) is 0 Å². The molecule has 1 amide bonds. The van der Waals surface area contributed by atoms with Crippen LogP contribution < -0.4 is 20.2 Å². The van der Waals surface area contributed by atoms with Crippen molar-refractivity contribution in [1.82, 2.24) is 14.5 Å². The van der Waals surface area contributed by atoms with E-state index in [1.54, 1.807) is 29.7 Å². The molecule has 1 aromatic carbocycles. The van der Waals surface area contributed by atoms with Gasteiger partial charge in [0.1, 0.15) is 23.5 Å². The van der Waals surface area contributed by atoms with Crippen LogP contribution in [-0.4, -0.2) is 34.2 Å². The summed E-state index contributed by atoms with van der Waals surface area (Å²) in [5, 5.41) is 2.57. The van der Waals surface area contributed by atoms with Crippen LogP contribution in [0.15, 0.2) is 65.8 Å². The first-order chi connectivity index (χ1) is 19.3. The van der Waals surface area contributed by atoms with Crippen LogP contribution in [0.2, 0.25) is 0 Å². The Bertz CT molecular complexity index is 1800. The summed E-state index contributed by atoms with van der Waals surface area (Å²) in [6.45, 7) is 2.94. The van der Waals surface area contributed by atoms with Crippen LogP contribution in [0.5, 0.6) is 17.2 Å². The van der Waals surface area contributed by atoms with Gasteiger partial charge in [0, 0.05) is 51.7 Å². The van der Waals surface area contributed by atoms with Crippen molar-refractivity contribution >= 4 is 34.0 Å². The number of rotatable bonds is 8. The molecule has 0 atom stereocenters. The van der Waals surface area contributed by atoms with E-state index >= 15 is 4.39 Å². The smallest absolute Gasteiger partial charge is 0.261 e. The number of fused-ring (bicyclic) bond motifs is 1. The van der Waals surface area contributed by atoms with Crippen LogP contribution in [0.3, 0.4) is 0 Å². The number of carbonyl (C=O) groups is 1. The van der Waals surface area contributed by atoms with Crippen molar-refractivity contribution in [2.45, 2.75) is 20.4 Å². The number of nitrogens with one attached hydrogen (secondary N) is 1. The van der Waals surface area contributed by atoms with Gasteiger partial charge in [-0.3, -0.25) is 14.6 Å². The van der Waals surface area contributed by atoms with Crippen molar-refractivity contribution in [2.75, 3.05) is 19.1 Å². The zero-order valence-electron chi connectivity index (χ0n) is 21.8. The molecule has 0 radical (unpaired) electrons. The van der Waals surface area contributed by atoms with Gasteiger partial charge < -0.3 is 19.4 Å². The summed E-state index contributed by atoms with van der Waals surface area (Å²) in [6, 6.07) is 10.8. The quantitative estimate of drug-likeness (QED) is 0.239. The normalized spacial score (nSPS) is 11.0. The van der Waals surface area contributed by atoms with E-state index in [0.29, 0.717) is 32.9 Å². The Kier molecular flexibility index (Phi) is 7.56. The summed E-state index contributed by atoms with van der Waals surface area (Å²) >= 11 is 1.41. The number of carbonyl (C=O) groups excluding carboxylic acids is 1. The van der Waals surface area contributed by atoms with Gasteiger partial charge in [-0.05, 0) is 38.1 Å². The highest BCUT2D eigenvalue weighted by atomic mass is 32.1. The lowest BCUT2D eigenvalue weighted by atomic mass is 10.1. The van der Waals surface area contributed by atoms with Gasteiger partial charge in [-0.1, -0.05) is 0 Å². The molecule has 0 aliphatic carbocycles. The number of alkyl halides is 1. The molecule has 5 aromatic rings. The fourth-order valence-corrected chi connectivity index (χ4v) is 5.22. The second-order valence-electron chi connectivity index (χ2n) is 8.88. The van der Waals surface area contributed by atoms with Crippen molar-refractivity contribution in [1.29, 1.82) is 0 Å². The Morgan fingerprint density at radius 3 is 2.62 bits per heavy atom. The number of aromatic nitrogens is 3. The number of nitrogens with zero attached hydrogens (tertiary/aromatic N) is 3. The zero-order chi connectivity index (χ0) is 28.4. The SMILES string of the molecule is COc1cnc2c(Oc3ccc(NC(=O)c4cn(CCF)c(C)c(-c5ccc(C)s5)c4=O)cc3F)ccnc2c1. The number of pyridine rings is 3. The third-order valence-corrected chi connectivity index (χ3v) is 7.29. The summed E-state index contributed by atoms with van der Waals surface area (Å²) in [7, 11) is 1.51. The molecule has 1 N–H and O–H groups in total. The summed E-state index contributed by atoms with van der Waals surface area (Å²) in [4.78, 5) is 36.8. The topological polar surface area (TPSA) is 95.3 Å². The van der Waals surface area contributed by atoms with Crippen LogP contribution in [0, 0.1) is 19.7 Å². The predicted octanol–water partition coefficient (Wildman–Crippen LogP) is 6.30. The molecule has 40 heavy (non-hydrogen) atoms. The van der Waals surface area contributed by atoms with Crippen LogP contribution in [0.25, 0.3) is 21.5 Å². The first-order valence-electron chi connectivity index (χ1n) is 12.2. The summed E-state index contributed by atoms with van der Waals surface area (Å²) < 4.78 is 40.8. The number of anilines is 1. The number of hydrogen-bond donors (Lipinski definition) is 1. The first kappa shape index (κ1) is 26.9. The maximum absolute atomic E-state index is 15.1. The van der Waals surface area contributed by atoms with Crippen molar-refractivity contribution in [3.8, 4) is 27.7 Å². The van der Waals surface area contributed by atoms with Crippen molar-refractivity contribution in [3.05, 3.63) is 93.2 Å². The minimum absolute atomic E-state index is 0.0181. The van der Waals surface area contributed by atoms with Gasteiger partial charge in [0.05, 0.1) is 30.9 Å². The third kappa shape index (κ3) is 5.28. The van der Waals surface area contributed by atoms with Crippen molar-refractivity contribution < 1.29 is 23.0 Å². The molecule has 0 spiro atoms. The van der Waals surface area contributed by atoms with E-state index in [0.717, 1.165) is 10.9 Å². The number of methoxy groups -OCH3 is 1. The lowest BCUT2D eigenvalue weighted by Gasteiger charge is -2.15. The van der Waals surface area contributed by atoms with Crippen LogP contribution in [0.4, 0.5) is 14.5 Å². The molecule has 11 heteroatoms. The number of halogens is 2. The molecule has 204 valence electrons. The highest BCUT2D eigenvalue weighted by molar-refractivity contribution is 7.15. The molecule has 0 aliphatic heterocycles. The minimum Gasteiger partial charge on any atom is -0.495 e. The summed E-state index contributed by atoms with van der Waals surface area (Å²) in [5.74, 6) is -0.777. The van der Waals surface area contributed by atoms with E-state index in [9.17, 15) is 14.0 Å². The number of aryl methyl sites for hydroxylation is 2. The van der Waals surface area contributed by atoms with E-state index in [2.05, 4.69) is 15.3 Å². The highest BCUT2D eigenvalue weighted by Crippen LogP contribution is 2.32. The molecule has 0 unspecified atom stereocenters. The third-order valence-electron chi connectivity index (χ3n) is 6.27. The Morgan fingerprint density at radius 1 is 1.10 bits per heavy atom. The van der Waals surface area contributed by atoms with E-state index in [-0.39, 0.29) is 29.3 Å². The average Bonchev–Trinajstić information content (AvgIpc) is 3.37. The summed E-state index contributed by atoms with van der Waals surface area (Å²) in [6.07, 6.45) is 4.35. The van der Waals surface area contributed by atoms with Crippen LogP contribution >= 0.6 is 11.3 Å². The fraction of sp³-hybridized carbons (Fsp3) is 0.172. The predicted molar refractivity (Wildman–Crippen MR) is 150 cm³/mol. The number of amides is 1. The average molecular weight is 563 g/mol. The van der Waals surface area contributed by atoms with E-state index in [1.165, 1.54) is 49.2 Å². The number of thiophene rings is 1. The van der Waals surface area contributed by atoms with Crippen molar-refractivity contribution in [2.24, 2.45) is 0 Å². The second-order valence-corrected chi connectivity index (χ2v) is 10.2. The molecule has 0 bridgehead atoms. The molecule has 0 saturated carbocycles. The first-order valence-corrected chi connectivity index (χ1v) is 13.0. The Labute approximate surface area is 231 Å². The highest BCUT2D eigenvalue weighted by Gasteiger charge is 2.21. The van der Waals surface area contributed by atoms with Gasteiger partial charge in [-0.15, -0.1) is 11.3 Å². The standard InChI is InChI=1S/C29H24F2N4O4S/c1-16-4-7-25(40-16)26-17(2)35(11-9-30)15-20(28(26)36)29(37)34-18-5-6-23(21(31)12-18)39-24-8-10-32-22-13-19(38-3)14-33-27(22)24/h4-8,10,12-15H,9,11H2,1-3H3,(H,34,37). The van der Waals surface area contributed by atoms with Gasteiger partial charge in [0.25, 0.3) is 5.91 Å². The minimum atomic E-state index is -0.746. The Morgan fingerprint density at radius 2 is 1.93 bits per heavy atom. The molecule has 0 aliphatic rings. The van der Waals surface area contributed by atoms with Gasteiger partial charge in [-0.2, -0.15) is 0 Å². The zero-order valence-corrected chi connectivity index (χ0v) is 22.6. The van der Waals surface area contributed by atoms with E-state index in [1.807, 2.05) is 13.0 Å². The molecule has 4 heterocycles. The molecule has 0 saturated heterocycles. The number of ether oxygens (including phenoxy) is 2. The van der Waals surface area contributed by atoms with E-state index in [4.69, 9.17) is 9.47 Å². The molecule has 8 nitrogen and oxygen atoms in total. The molecular weight excluding hydrogens is 538 g/mol. The largest absolute Gasteiger partial charge is 0.495 e. The van der Waals surface area contributed by atoms with Crippen LogP contribution in [0.1, 0.15) is 20.9 Å². The molecule has 5 rings (SSSR count). The fourth-order valence-electron chi connectivity index (χ4n) is 4.26. The van der Waals surface area contributed by atoms with Gasteiger partial charge >= 0.3 is 0 Å². The molecule has 4 aromatic heterocycles. The molecule has 0 fully saturated rings. The maximum atomic E-state index is 15.1. The maximum Gasteiger partial charge on any atom is 0.261 e. The number of hydrogen-bond acceptors (Lipinski definition) is 7. The lowest BCUT2D eigenvalue weighted by molar-refractivity contribution is 0.102. The second kappa shape index (κ2) is 11.2. The molecular formula is C29H24F2N4O4S. The van der Waals surface area contributed by atoms with Gasteiger partial charge in [0.2, 0.25) is 5.43 Å². The Hall–Kier alpha value is -4.64. The van der Waals surface area contributed by atoms with E-state index < -0.39 is 23.8 Å². The summed E-state index contributed by atoms with van der Waals surface area (Å²) in [5.41, 5.74) is 1.28. The van der Waals surface area contributed by atoms with Gasteiger partial charge in [0.15, 0.2) is 17.3 Å². The lowest BCUT2D eigenvalue weighted by Crippen LogP contribution is -2.26. The Balaban J connectivity index is 1.42. The van der Waals surface area contributed by atoms with Crippen LogP contribution in [-0.2, 0) is 6.54 Å². The monoisotopic (exact) mass is 562 g/mol. The number of benzene rings is 1.